The van der Waals surface area contributed by atoms with Gasteiger partial charge in [0.15, 0.2) is 9.84 Å². The van der Waals surface area contributed by atoms with Crippen LogP contribution in [0.2, 0.25) is 0 Å². The van der Waals surface area contributed by atoms with Crippen LogP contribution in [0.3, 0.4) is 0 Å². The summed E-state index contributed by atoms with van der Waals surface area (Å²) in [5, 5.41) is 2.38. The molecule has 0 aliphatic rings. The Labute approximate surface area is 121 Å². The standard InChI is InChI=1S/C14H15F2NO3S/c1-8-11(9(2)20-17-8)7-21(18,19)10(3)14-12(15)5-4-6-13(14)16/h4-6,10H,7H2,1-3H3/t10-/m1/s1. The van der Waals surface area contributed by atoms with Crippen molar-refractivity contribution in [2.45, 2.75) is 31.8 Å². The molecule has 0 N–H and O–H groups in total. The van der Waals surface area contributed by atoms with E-state index in [0.717, 1.165) is 12.1 Å². The molecule has 0 radical (unpaired) electrons. The Morgan fingerprint density at radius 1 is 1.24 bits per heavy atom. The molecule has 0 saturated heterocycles. The number of rotatable bonds is 4. The van der Waals surface area contributed by atoms with Gasteiger partial charge in [0.1, 0.15) is 17.4 Å². The second kappa shape index (κ2) is 5.55. The van der Waals surface area contributed by atoms with Crippen LogP contribution in [0.15, 0.2) is 22.7 Å². The van der Waals surface area contributed by atoms with E-state index in [4.69, 9.17) is 4.52 Å². The van der Waals surface area contributed by atoms with Gasteiger partial charge in [0.05, 0.1) is 16.7 Å². The SMILES string of the molecule is Cc1noc(C)c1CS(=O)(=O)[C@H](C)c1c(F)cccc1F. The van der Waals surface area contributed by atoms with Crippen molar-refractivity contribution in [2.24, 2.45) is 0 Å². The van der Waals surface area contributed by atoms with Gasteiger partial charge < -0.3 is 4.52 Å². The quantitative estimate of drug-likeness (QED) is 0.869. The van der Waals surface area contributed by atoms with Gasteiger partial charge in [0.25, 0.3) is 0 Å². The summed E-state index contributed by atoms with van der Waals surface area (Å²) in [6.07, 6.45) is 0. The van der Waals surface area contributed by atoms with E-state index in [2.05, 4.69) is 5.16 Å². The van der Waals surface area contributed by atoms with Crippen LogP contribution in [-0.2, 0) is 15.6 Å². The maximum atomic E-state index is 13.7. The number of hydrogen-bond acceptors (Lipinski definition) is 4. The molecule has 0 bridgehead atoms. The third-order valence-electron chi connectivity index (χ3n) is 3.47. The average Bonchev–Trinajstić information content (AvgIpc) is 2.70. The third kappa shape index (κ3) is 2.97. The zero-order chi connectivity index (χ0) is 15.8. The van der Waals surface area contributed by atoms with Crippen molar-refractivity contribution < 1.29 is 21.7 Å². The molecule has 2 aromatic rings. The molecule has 0 saturated carbocycles. The van der Waals surface area contributed by atoms with Crippen LogP contribution < -0.4 is 0 Å². The van der Waals surface area contributed by atoms with E-state index in [9.17, 15) is 17.2 Å². The fraction of sp³-hybridized carbons (Fsp3) is 0.357. The Kier molecular flexibility index (Phi) is 4.13. The molecular formula is C14H15F2NO3S. The van der Waals surface area contributed by atoms with Crippen molar-refractivity contribution in [2.75, 3.05) is 0 Å². The van der Waals surface area contributed by atoms with Gasteiger partial charge in [-0.05, 0) is 32.9 Å². The molecule has 0 fully saturated rings. The summed E-state index contributed by atoms with van der Waals surface area (Å²) in [5.41, 5.74) is 0.445. The van der Waals surface area contributed by atoms with E-state index in [1.54, 1.807) is 13.8 Å². The Bertz CT molecular complexity index is 729. The van der Waals surface area contributed by atoms with Crippen LogP contribution in [0.1, 0.15) is 34.8 Å². The van der Waals surface area contributed by atoms with E-state index < -0.39 is 32.3 Å². The van der Waals surface area contributed by atoms with Crippen LogP contribution in [0.25, 0.3) is 0 Å². The summed E-state index contributed by atoms with van der Waals surface area (Å²) in [5.74, 6) is -1.73. The molecule has 1 aromatic heterocycles. The highest BCUT2D eigenvalue weighted by Crippen LogP contribution is 2.30. The van der Waals surface area contributed by atoms with E-state index in [1.807, 2.05) is 0 Å². The molecule has 2 rings (SSSR count). The monoisotopic (exact) mass is 315 g/mol. The summed E-state index contributed by atoms with van der Waals surface area (Å²) in [6.45, 7) is 4.49. The molecule has 0 amide bonds. The molecule has 0 aliphatic carbocycles. The van der Waals surface area contributed by atoms with E-state index >= 15 is 0 Å². The van der Waals surface area contributed by atoms with E-state index in [1.165, 1.54) is 13.0 Å². The molecule has 1 atom stereocenters. The lowest BCUT2D eigenvalue weighted by molar-refractivity contribution is 0.392. The first-order chi connectivity index (χ1) is 9.74. The van der Waals surface area contributed by atoms with Gasteiger partial charge in [-0.1, -0.05) is 11.2 Å². The minimum absolute atomic E-state index is 0.372. The largest absolute Gasteiger partial charge is 0.361 e. The van der Waals surface area contributed by atoms with Crippen molar-refractivity contribution in [3.05, 3.63) is 52.4 Å². The predicted molar refractivity (Wildman–Crippen MR) is 73.4 cm³/mol. The number of sulfone groups is 1. The molecule has 0 unspecified atom stereocenters. The highest BCUT2D eigenvalue weighted by atomic mass is 32.2. The van der Waals surface area contributed by atoms with Crippen LogP contribution in [0.5, 0.6) is 0 Å². The topological polar surface area (TPSA) is 60.2 Å². The second-order valence-corrected chi connectivity index (χ2v) is 7.21. The lowest BCUT2D eigenvalue weighted by atomic mass is 10.1. The lowest BCUT2D eigenvalue weighted by Gasteiger charge is -2.14. The number of aromatic nitrogens is 1. The van der Waals surface area contributed by atoms with Gasteiger partial charge in [0.2, 0.25) is 0 Å². The third-order valence-corrected chi connectivity index (χ3v) is 5.48. The Balaban J connectivity index is 2.40. The Hall–Kier alpha value is -1.76. The molecule has 0 spiro atoms. The molecule has 4 nitrogen and oxygen atoms in total. The van der Waals surface area contributed by atoms with Gasteiger partial charge in [-0.25, -0.2) is 17.2 Å². The molecule has 7 heteroatoms. The molecule has 114 valence electrons. The van der Waals surface area contributed by atoms with Crippen molar-refractivity contribution in [3.8, 4) is 0 Å². The van der Waals surface area contributed by atoms with Crippen molar-refractivity contribution in [1.29, 1.82) is 0 Å². The number of hydrogen-bond donors (Lipinski definition) is 0. The zero-order valence-corrected chi connectivity index (χ0v) is 12.7. The maximum absolute atomic E-state index is 13.7. The van der Waals surface area contributed by atoms with E-state index in [0.29, 0.717) is 17.0 Å². The first-order valence-electron chi connectivity index (χ1n) is 6.31. The van der Waals surface area contributed by atoms with E-state index in [-0.39, 0.29) is 5.75 Å². The summed E-state index contributed by atoms with van der Waals surface area (Å²) < 4.78 is 57.2. The van der Waals surface area contributed by atoms with Gasteiger partial charge in [-0.3, -0.25) is 0 Å². The Morgan fingerprint density at radius 3 is 2.29 bits per heavy atom. The van der Waals surface area contributed by atoms with Crippen LogP contribution in [0, 0.1) is 25.5 Å². The van der Waals surface area contributed by atoms with Gasteiger partial charge in [-0.15, -0.1) is 0 Å². The minimum atomic E-state index is -3.81. The van der Waals surface area contributed by atoms with Crippen molar-refractivity contribution in [3.63, 3.8) is 0 Å². The van der Waals surface area contributed by atoms with Gasteiger partial charge in [-0.2, -0.15) is 0 Å². The molecule has 21 heavy (non-hydrogen) atoms. The smallest absolute Gasteiger partial charge is 0.161 e. The number of halogens is 2. The first kappa shape index (κ1) is 15.6. The first-order valence-corrected chi connectivity index (χ1v) is 8.02. The summed E-state index contributed by atoms with van der Waals surface area (Å²) in [4.78, 5) is 0. The number of benzene rings is 1. The zero-order valence-electron chi connectivity index (χ0n) is 11.9. The van der Waals surface area contributed by atoms with Crippen LogP contribution in [-0.4, -0.2) is 13.6 Å². The number of aryl methyl sites for hydroxylation is 2. The predicted octanol–water partition coefficient (Wildman–Crippen LogP) is 3.25. The second-order valence-electron chi connectivity index (χ2n) is 4.89. The molecule has 0 aliphatic heterocycles. The molecular weight excluding hydrogens is 300 g/mol. The fourth-order valence-corrected chi connectivity index (χ4v) is 3.76. The normalized spacial score (nSPS) is 13.4. The Morgan fingerprint density at radius 2 is 1.81 bits per heavy atom. The average molecular weight is 315 g/mol. The highest BCUT2D eigenvalue weighted by molar-refractivity contribution is 7.90. The highest BCUT2D eigenvalue weighted by Gasteiger charge is 2.30. The molecule has 1 aromatic carbocycles. The minimum Gasteiger partial charge on any atom is -0.361 e. The number of nitrogens with zero attached hydrogens (tertiary/aromatic N) is 1. The maximum Gasteiger partial charge on any atom is 0.161 e. The van der Waals surface area contributed by atoms with Crippen LogP contribution >= 0.6 is 0 Å². The molecule has 1 heterocycles. The fourth-order valence-electron chi connectivity index (χ4n) is 2.11. The van der Waals surface area contributed by atoms with Gasteiger partial charge in [0, 0.05) is 11.1 Å². The van der Waals surface area contributed by atoms with Crippen LogP contribution in [0.4, 0.5) is 8.78 Å². The summed E-state index contributed by atoms with van der Waals surface area (Å²) in [6, 6.07) is 3.28. The lowest BCUT2D eigenvalue weighted by Crippen LogP contribution is -2.16. The van der Waals surface area contributed by atoms with Gasteiger partial charge >= 0.3 is 0 Å². The van der Waals surface area contributed by atoms with Crippen molar-refractivity contribution >= 4 is 9.84 Å². The summed E-state index contributed by atoms with van der Waals surface area (Å²) >= 11 is 0. The summed E-state index contributed by atoms with van der Waals surface area (Å²) in [7, 11) is -3.81. The van der Waals surface area contributed by atoms with Crippen molar-refractivity contribution in [1.82, 2.24) is 5.16 Å².